The molecule has 5 heteroatoms. The monoisotopic (exact) mass is 303 g/mol. The highest BCUT2D eigenvalue weighted by molar-refractivity contribution is 7.10. The second-order valence-electron chi connectivity index (χ2n) is 4.84. The molecule has 0 saturated carbocycles. The lowest BCUT2D eigenvalue weighted by atomic mass is 10.0. The highest BCUT2D eigenvalue weighted by atomic mass is 32.1. The number of rotatable bonds is 6. The SMILES string of the molecule is Cc1ccccc1CC(=O)N[C@H](CC(=O)O)c1cccs1. The minimum absolute atomic E-state index is 0.111. The van der Waals surface area contributed by atoms with Crippen LogP contribution >= 0.6 is 11.3 Å². The molecule has 2 rings (SSSR count). The van der Waals surface area contributed by atoms with Gasteiger partial charge in [-0.05, 0) is 29.5 Å². The topological polar surface area (TPSA) is 66.4 Å². The molecular weight excluding hydrogens is 286 g/mol. The first-order chi connectivity index (χ1) is 10.1. The Morgan fingerprint density at radius 3 is 2.62 bits per heavy atom. The number of carboxylic acids is 1. The third-order valence-electron chi connectivity index (χ3n) is 3.21. The van der Waals surface area contributed by atoms with Gasteiger partial charge >= 0.3 is 5.97 Å². The van der Waals surface area contributed by atoms with Crippen molar-refractivity contribution in [1.29, 1.82) is 0 Å². The van der Waals surface area contributed by atoms with Gasteiger partial charge < -0.3 is 10.4 Å². The van der Waals surface area contributed by atoms with Gasteiger partial charge in [-0.3, -0.25) is 9.59 Å². The van der Waals surface area contributed by atoms with E-state index < -0.39 is 12.0 Å². The molecule has 0 aliphatic carbocycles. The Bertz CT molecular complexity index is 622. The van der Waals surface area contributed by atoms with Crippen molar-refractivity contribution in [3.8, 4) is 0 Å². The van der Waals surface area contributed by atoms with E-state index >= 15 is 0 Å². The Hall–Kier alpha value is -2.14. The predicted octanol–water partition coefficient (Wildman–Crippen LogP) is 2.93. The predicted molar refractivity (Wildman–Crippen MR) is 82.3 cm³/mol. The third-order valence-corrected chi connectivity index (χ3v) is 4.20. The van der Waals surface area contributed by atoms with E-state index in [9.17, 15) is 9.59 Å². The van der Waals surface area contributed by atoms with Crippen LogP contribution in [0.25, 0.3) is 0 Å². The number of carbonyl (C=O) groups is 2. The number of carbonyl (C=O) groups excluding carboxylic acids is 1. The van der Waals surface area contributed by atoms with Crippen LogP contribution in [0.15, 0.2) is 41.8 Å². The van der Waals surface area contributed by atoms with E-state index in [1.807, 2.05) is 48.7 Å². The molecule has 0 fully saturated rings. The van der Waals surface area contributed by atoms with Crippen molar-refractivity contribution in [2.24, 2.45) is 0 Å². The van der Waals surface area contributed by atoms with Crippen molar-refractivity contribution < 1.29 is 14.7 Å². The first kappa shape index (κ1) is 15.3. The minimum atomic E-state index is -0.926. The van der Waals surface area contributed by atoms with Crippen LogP contribution in [0.3, 0.4) is 0 Å². The summed E-state index contributed by atoms with van der Waals surface area (Å²) >= 11 is 1.45. The summed E-state index contributed by atoms with van der Waals surface area (Å²) in [5.41, 5.74) is 2.01. The fourth-order valence-corrected chi connectivity index (χ4v) is 2.89. The average molecular weight is 303 g/mol. The molecule has 0 aliphatic heterocycles. The van der Waals surface area contributed by atoms with Crippen LogP contribution in [0.1, 0.15) is 28.5 Å². The number of benzene rings is 1. The molecule has 1 aromatic heterocycles. The van der Waals surface area contributed by atoms with Gasteiger partial charge in [0, 0.05) is 4.88 Å². The highest BCUT2D eigenvalue weighted by Crippen LogP contribution is 2.22. The first-order valence-electron chi connectivity index (χ1n) is 6.65. The van der Waals surface area contributed by atoms with E-state index in [1.54, 1.807) is 0 Å². The molecule has 1 aromatic carbocycles. The van der Waals surface area contributed by atoms with Gasteiger partial charge in [-0.15, -0.1) is 11.3 Å². The van der Waals surface area contributed by atoms with Crippen molar-refractivity contribution >= 4 is 23.2 Å². The van der Waals surface area contributed by atoms with E-state index in [0.717, 1.165) is 16.0 Å². The van der Waals surface area contributed by atoms with Gasteiger partial charge in [0.2, 0.25) is 5.91 Å². The van der Waals surface area contributed by atoms with E-state index in [2.05, 4.69) is 5.32 Å². The molecule has 0 unspecified atom stereocenters. The number of amides is 1. The molecule has 0 spiro atoms. The van der Waals surface area contributed by atoms with E-state index in [1.165, 1.54) is 11.3 Å². The summed E-state index contributed by atoms with van der Waals surface area (Å²) in [7, 11) is 0. The van der Waals surface area contributed by atoms with Gasteiger partial charge in [-0.1, -0.05) is 30.3 Å². The summed E-state index contributed by atoms with van der Waals surface area (Å²) in [5.74, 6) is -1.09. The van der Waals surface area contributed by atoms with E-state index in [-0.39, 0.29) is 18.7 Å². The van der Waals surface area contributed by atoms with Gasteiger partial charge in [0.05, 0.1) is 18.9 Å². The minimum Gasteiger partial charge on any atom is -0.481 e. The van der Waals surface area contributed by atoms with Gasteiger partial charge in [0.25, 0.3) is 0 Å². The Balaban J connectivity index is 2.05. The zero-order valence-corrected chi connectivity index (χ0v) is 12.5. The maximum absolute atomic E-state index is 12.2. The molecule has 21 heavy (non-hydrogen) atoms. The molecule has 1 amide bonds. The second kappa shape index (κ2) is 7.04. The number of hydrogen-bond acceptors (Lipinski definition) is 3. The smallest absolute Gasteiger partial charge is 0.305 e. The maximum atomic E-state index is 12.2. The zero-order valence-electron chi connectivity index (χ0n) is 11.7. The summed E-state index contributed by atoms with van der Waals surface area (Å²) in [6.45, 7) is 1.95. The van der Waals surface area contributed by atoms with Crippen molar-refractivity contribution in [3.63, 3.8) is 0 Å². The van der Waals surface area contributed by atoms with Crippen LogP contribution in [0, 0.1) is 6.92 Å². The molecular formula is C16H17NO3S. The Morgan fingerprint density at radius 1 is 1.24 bits per heavy atom. The fourth-order valence-electron chi connectivity index (χ4n) is 2.11. The normalized spacial score (nSPS) is 11.9. The van der Waals surface area contributed by atoms with Crippen molar-refractivity contribution in [2.75, 3.05) is 0 Å². The van der Waals surface area contributed by atoms with Crippen LogP contribution in [0.4, 0.5) is 0 Å². The summed E-state index contributed by atoms with van der Waals surface area (Å²) in [6, 6.07) is 10.9. The number of thiophene rings is 1. The first-order valence-corrected chi connectivity index (χ1v) is 7.53. The molecule has 2 N–H and O–H groups in total. The van der Waals surface area contributed by atoms with Crippen molar-refractivity contribution in [3.05, 3.63) is 57.8 Å². The van der Waals surface area contributed by atoms with Gasteiger partial charge in [-0.25, -0.2) is 0 Å². The molecule has 110 valence electrons. The Labute approximate surface area is 127 Å². The van der Waals surface area contributed by atoms with Crippen LogP contribution < -0.4 is 5.32 Å². The largest absolute Gasteiger partial charge is 0.481 e. The lowest BCUT2D eigenvalue weighted by Crippen LogP contribution is -2.31. The Morgan fingerprint density at radius 2 is 2.00 bits per heavy atom. The molecule has 0 radical (unpaired) electrons. The molecule has 2 aromatic rings. The summed E-state index contributed by atoms with van der Waals surface area (Å²) in [5, 5.41) is 13.7. The van der Waals surface area contributed by atoms with E-state index in [4.69, 9.17) is 5.11 Å². The molecule has 1 heterocycles. The third kappa shape index (κ3) is 4.43. The van der Waals surface area contributed by atoms with Gasteiger partial charge in [-0.2, -0.15) is 0 Å². The number of hydrogen-bond donors (Lipinski definition) is 2. The molecule has 4 nitrogen and oxygen atoms in total. The van der Waals surface area contributed by atoms with Crippen LogP contribution in [0.2, 0.25) is 0 Å². The van der Waals surface area contributed by atoms with Gasteiger partial charge in [0.15, 0.2) is 0 Å². The lowest BCUT2D eigenvalue weighted by Gasteiger charge is -2.16. The summed E-state index contributed by atoms with van der Waals surface area (Å²) < 4.78 is 0. The number of aliphatic carboxylic acids is 1. The number of aryl methyl sites for hydroxylation is 1. The van der Waals surface area contributed by atoms with Crippen LogP contribution in [-0.2, 0) is 16.0 Å². The second-order valence-corrected chi connectivity index (χ2v) is 5.82. The molecule has 1 atom stereocenters. The number of nitrogens with one attached hydrogen (secondary N) is 1. The zero-order chi connectivity index (χ0) is 15.2. The number of carboxylic acid groups (broad SMARTS) is 1. The Kier molecular flexibility index (Phi) is 5.11. The van der Waals surface area contributed by atoms with Crippen molar-refractivity contribution in [1.82, 2.24) is 5.32 Å². The average Bonchev–Trinajstić information content (AvgIpc) is 2.94. The lowest BCUT2D eigenvalue weighted by molar-refractivity contribution is -0.137. The fraction of sp³-hybridized carbons (Fsp3) is 0.250. The molecule has 0 saturated heterocycles. The van der Waals surface area contributed by atoms with Crippen LogP contribution in [0.5, 0.6) is 0 Å². The highest BCUT2D eigenvalue weighted by Gasteiger charge is 2.19. The quantitative estimate of drug-likeness (QED) is 0.862. The molecule has 0 aliphatic rings. The van der Waals surface area contributed by atoms with Crippen LogP contribution in [-0.4, -0.2) is 17.0 Å². The summed E-state index contributed by atoms with van der Waals surface area (Å²) in [4.78, 5) is 24.0. The van der Waals surface area contributed by atoms with Crippen molar-refractivity contribution in [2.45, 2.75) is 25.8 Å². The molecule has 0 bridgehead atoms. The van der Waals surface area contributed by atoms with Gasteiger partial charge in [0.1, 0.15) is 0 Å². The maximum Gasteiger partial charge on any atom is 0.305 e. The van der Waals surface area contributed by atoms with E-state index in [0.29, 0.717) is 0 Å². The standard InChI is InChI=1S/C16H17NO3S/c1-11-5-2-3-6-12(11)9-15(18)17-13(10-16(19)20)14-7-4-8-21-14/h2-8,13H,9-10H2,1H3,(H,17,18)(H,19,20)/t13-/m1/s1. The summed E-state index contributed by atoms with van der Waals surface area (Å²) in [6.07, 6.45) is 0.147.